The average Bonchev–Trinajstić information content (AvgIpc) is 2.93. The van der Waals surface area contributed by atoms with Crippen LogP contribution in [0.15, 0.2) is 53.6 Å². The zero-order valence-corrected chi connectivity index (χ0v) is 16.0. The molecule has 3 aromatic rings. The first kappa shape index (κ1) is 18.9. The van der Waals surface area contributed by atoms with E-state index in [0.717, 1.165) is 22.9 Å². The summed E-state index contributed by atoms with van der Waals surface area (Å²) in [5, 5.41) is 4.11. The summed E-state index contributed by atoms with van der Waals surface area (Å²) in [6, 6.07) is 10.4. The highest BCUT2D eigenvalue weighted by atomic mass is 32.2. The van der Waals surface area contributed by atoms with Crippen LogP contribution in [-0.2, 0) is 23.7 Å². The first-order valence-corrected chi connectivity index (χ1v) is 9.74. The van der Waals surface area contributed by atoms with Crippen molar-refractivity contribution in [3.05, 3.63) is 71.3 Å². The number of rotatable bonds is 6. The van der Waals surface area contributed by atoms with E-state index in [0.29, 0.717) is 0 Å². The zero-order valence-electron chi connectivity index (χ0n) is 15.2. The average molecular weight is 389 g/mol. The molecule has 0 amide bonds. The molecule has 0 fully saturated rings. The van der Waals surface area contributed by atoms with Crippen molar-refractivity contribution in [3.63, 3.8) is 0 Å². The van der Waals surface area contributed by atoms with Crippen LogP contribution in [0.1, 0.15) is 16.8 Å². The van der Waals surface area contributed by atoms with Gasteiger partial charge in [-0.25, -0.2) is 12.8 Å². The minimum absolute atomic E-state index is 0.0385. The Labute approximate surface area is 157 Å². The number of sulfonamides is 1. The first-order valence-electron chi connectivity index (χ1n) is 8.25. The van der Waals surface area contributed by atoms with Crippen LogP contribution in [0, 0.1) is 19.7 Å². The number of hydrogen-bond acceptors (Lipinski definition) is 4. The van der Waals surface area contributed by atoms with Crippen LogP contribution in [-0.4, -0.2) is 18.2 Å². The molecule has 0 atom stereocenters. The van der Waals surface area contributed by atoms with Gasteiger partial charge in [0.05, 0.1) is 16.8 Å². The predicted molar refractivity (Wildman–Crippen MR) is 101 cm³/mol. The van der Waals surface area contributed by atoms with Gasteiger partial charge in [0.25, 0.3) is 10.0 Å². The molecule has 1 heterocycles. The highest BCUT2D eigenvalue weighted by Crippen LogP contribution is 2.24. The topological polar surface area (TPSA) is 73.2 Å². The second-order valence-corrected chi connectivity index (χ2v) is 7.91. The molecule has 0 saturated heterocycles. The van der Waals surface area contributed by atoms with E-state index < -0.39 is 15.8 Å². The normalized spacial score (nSPS) is 11.4. The van der Waals surface area contributed by atoms with E-state index in [1.54, 1.807) is 23.0 Å². The molecule has 2 aromatic carbocycles. The van der Waals surface area contributed by atoms with Crippen LogP contribution in [0.25, 0.3) is 0 Å². The number of anilines is 1. The van der Waals surface area contributed by atoms with E-state index in [1.807, 2.05) is 20.9 Å². The third-order valence-corrected chi connectivity index (χ3v) is 5.63. The van der Waals surface area contributed by atoms with Crippen molar-refractivity contribution in [1.82, 2.24) is 9.78 Å². The van der Waals surface area contributed by atoms with E-state index in [4.69, 9.17) is 4.74 Å². The molecule has 8 heteroatoms. The summed E-state index contributed by atoms with van der Waals surface area (Å²) in [5.74, 6) is -0.614. The Bertz CT molecular complexity index is 1060. The van der Waals surface area contributed by atoms with Gasteiger partial charge in [-0.1, -0.05) is 17.7 Å². The van der Waals surface area contributed by atoms with Crippen molar-refractivity contribution < 1.29 is 17.5 Å². The van der Waals surface area contributed by atoms with Crippen LogP contribution in [0.4, 0.5) is 10.1 Å². The number of ether oxygens (including phenoxy) is 1. The van der Waals surface area contributed by atoms with Gasteiger partial charge < -0.3 is 4.74 Å². The highest BCUT2D eigenvalue weighted by Gasteiger charge is 2.15. The molecule has 0 unspecified atom stereocenters. The van der Waals surface area contributed by atoms with Gasteiger partial charge >= 0.3 is 0 Å². The Morgan fingerprint density at radius 1 is 1.15 bits per heavy atom. The minimum Gasteiger partial charge on any atom is -0.486 e. The van der Waals surface area contributed by atoms with E-state index >= 15 is 0 Å². The maximum absolute atomic E-state index is 14.3. The van der Waals surface area contributed by atoms with Gasteiger partial charge in [-0.15, -0.1) is 0 Å². The van der Waals surface area contributed by atoms with Gasteiger partial charge in [-0.3, -0.25) is 9.40 Å². The monoisotopic (exact) mass is 389 g/mol. The van der Waals surface area contributed by atoms with E-state index in [-0.39, 0.29) is 22.9 Å². The largest absolute Gasteiger partial charge is 0.486 e. The summed E-state index contributed by atoms with van der Waals surface area (Å²) in [5.41, 5.74) is 2.85. The van der Waals surface area contributed by atoms with Gasteiger partial charge in [-0.2, -0.15) is 5.10 Å². The molecular weight excluding hydrogens is 369 g/mol. The summed E-state index contributed by atoms with van der Waals surface area (Å²) in [6.07, 6.45) is 1.66. The van der Waals surface area contributed by atoms with Crippen molar-refractivity contribution in [2.75, 3.05) is 4.72 Å². The SMILES string of the molecule is Cc1ccc(S(=O)(=O)Nc2ccc(OCc3cnn(C)c3C)c(F)c2)cc1. The second kappa shape index (κ2) is 7.40. The molecule has 0 saturated carbocycles. The standard InChI is InChI=1S/C19H20FN3O3S/c1-13-4-7-17(8-5-13)27(24,25)22-16-6-9-19(18(20)10-16)26-12-15-11-21-23(3)14(15)2/h4-11,22H,12H2,1-3H3. The number of halogens is 1. The summed E-state index contributed by atoms with van der Waals surface area (Å²) in [7, 11) is -1.97. The number of nitrogens with one attached hydrogen (secondary N) is 1. The van der Waals surface area contributed by atoms with Crippen LogP contribution < -0.4 is 9.46 Å². The van der Waals surface area contributed by atoms with E-state index in [9.17, 15) is 12.8 Å². The Hall–Kier alpha value is -2.87. The molecular formula is C19H20FN3O3S. The Kier molecular flexibility index (Phi) is 5.18. The zero-order chi connectivity index (χ0) is 19.6. The molecule has 6 nitrogen and oxygen atoms in total. The third-order valence-electron chi connectivity index (χ3n) is 4.24. The molecule has 0 aliphatic heterocycles. The quantitative estimate of drug-likeness (QED) is 0.700. The maximum Gasteiger partial charge on any atom is 0.261 e. The lowest BCUT2D eigenvalue weighted by atomic mass is 10.2. The molecule has 1 N–H and O–H groups in total. The molecule has 1 aromatic heterocycles. The second-order valence-electron chi connectivity index (χ2n) is 6.23. The molecule has 0 spiro atoms. The number of aromatic nitrogens is 2. The fraction of sp³-hybridized carbons (Fsp3) is 0.211. The van der Waals surface area contributed by atoms with Gasteiger partial charge in [-0.05, 0) is 38.1 Å². The Balaban J connectivity index is 1.72. The molecule has 27 heavy (non-hydrogen) atoms. The van der Waals surface area contributed by atoms with Crippen LogP contribution in [0.3, 0.4) is 0 Å². The van der Waals surface area contributed by atoms with Crippen molar-refractivity contribution in [3.8, 4) is 5.75 Å². The molecule has 0 aliphatic carbocycles. The maximum atomic E-state index is 14.3. The summed E-state index contributed by atoms with van der Waals surface area (Å²) < 4.78 is 48.7. The van der Waals surface area contributed by atoms with E-state index in [1.165, 1.54) is 24.3 Å². The first-order chi connectivity index (χ1) is 12.8. The smallest absolute Gasteiger partial charge is 0.261 e. The van der Waals surface area contributed by atoms with Gasteiger partial charge in [0.2, 0.25) is 0 Å². The van der Waals surface area contributed by atoms with Gasteiger partial charge in [0, 0.05) is 24.4 Å². The third kappa shape index (κ3) is 4.28. The van der Waals surface area contributed by atoms with Crippen molar-refractivity contribution in [2.45, 2.75) is 25.3 Å². The predicted octanol–water partition coefficient (Wildman–Crippen LogP) is 3.56. The lowest BCUT2D eigenvalue weighted by Crippen LogP contribution is -2.13. The number of nitrogens with zero attached hydrogens (tertiary/aromatic N) is 2. The highest BCUT2D eigenvalue weighted by molar-refractivity contribution is 7.92. The lowest BCUT2D eigenvalue weighted by molar-refractivity contribution is 0.289. The van der Waals surface area contributed by atoms with Crippen molar-refractivity contribution in [1.29, 1.82) is 0 Å². The van der Waals surface area contributed by atoms with Crippen molar-refractivity contribution >= 4 is 15.7 Å². The molecule has 0 aliphatic rings. The number of hydrogen-bond donors (Lipinski definition) is 1. The number of benzene rings is 2. The van der Waals surface area contributed by atoms with Crippen LogP contribution >= 0.6 is 0 Å². The minimum atomic E-state index is -3.79. The summed E-state index contributed by atoms with van der Waals surface area (Å²) >= 11 is 0. The molecule has 3 rings (SSSR count). The van der Waals surface area contributed by atoms with Gasteiger partial charge in [0.1, 0.15) is 6.61 Å². The Morgan fingerprint density at radius 2 is 1.85 bits per heavy atom. The summed E-state index contributed by atoms with van der Waals surface area (Å²) in [6.45, 7) is 3.93. The molecule has 142 valence electrons. The molecule has 0 bridgehead atoms. The molecule has 0 radical (unpaired) electrons. The number of aryl methyl sites for hydroxylation is 2. The van der Waals surface area contributed by atoms with Crippen LogP contribution in [0.5, 0.6) is 5.75 Å². The Morgan fingerprint density at radius 3 is 2.44 bits per heavy atom. The fourth-order valence-corrected chi connectivity index (χ4v) is 3.50. The van der Waals surface area contributed by atoms with Gasteiger partial charge in [0.15, 0.2) is 11.6 Å². The lowest BCUT2D eigenvalue weighted by Gasteiger charge is -2.11. The van der Waals surface area contributed by atoms with E-state index in [2.05, 4.69) is 9.82 Å². The van der Waals surface area contributed by atoms with Crippen LogP contribution in [0.2, 0.25) is 0 Å². The van der Waals surface area contributed by atoms with Crippen molar-refractivity contribution in [2.24, 2.45) is 7.05 Å². The summed E-state index contributed by atoms with van der Waals surface area (Å²) in [4.78, 5) is 0.112. The fourth-order valence-electron chi connectivity index (χ4n) is 2.45.